The first kappa shape index (κ1) is 12.0. The number of hydrogen-bond donors (Lipinski definition) is 0. The molecule has 15 heavy (non-hydrogen) atoms. The average Bonchev–Trinajstić information content (AvgIpc) is 2.17. The van der Waals surface area contributed by atoms with Crippen molar-refractivity contribution in [3.05, 3.63) is 23.9 Å². The van der Waals surface area contributed by atoms with E-state index in [1.807, 2.05) is 12.1 Å². The molecule has 0 aliphatic rings. The minimum Gasteiger partial charge on any atom is -0.475 e. The van der Waals surface area contributed by atoms with Gasteiger partial charge in [0.15, 0.2) is 0 Å². The maximum atomic E-state index is 5.45. The van der Waals surface area contributed by atoms with Gasteiger partial charge in [-0.1, -0.05) is 20.8 Å². The molecule has 0 aliphatic carbocycles. The van der Waals surface area contributed by atoms with Crippen LogP contribution in [0.1, 0.15) is 26.3 Å². The van der Waals surface area contributed by atoms with Crippen LogP contribution in [-0.2, 0) is 10.2 Å². The normalized spacial score (nSPS) is 11.5. The zero-order valence-electron chi connectivity index (χ0n) is 9.91. The summed E-state index contributed by atoms with van der Waals surface area (Å²) in [4.78, 5) is 4.15. The van der Waals surface area contributed by atoms with Gasteiger partial charge in [0.1, 0.15) is 6.61 Å². The third-order valence-corrected chi connectivity index (χ3v) is 2.14. The third-order valence-electron chi connectivity index (χ3n) is 2.14. The maximum absolute atomic E-state index is 5.45. The first-order valence-electron chi connectivity index (χ1n) is 5.12. The minimum absolute atomic E-state index is 0.127. The minimum atomic E-state index is 0.127. The highest BCUT2D eigenvalue weighted by molar-refractivity contribution is 5.26. The Morgan fingerprint density at radius 2 is 2.00 bits per heavy atom. The second-order valence-corrected chi connectivity index (χ2v) is 4.47. The van der Waals surface area contributed by atoms with E-state index in [4.69, 9.17) is 9.47 Å². The second kappa shape index (κ2) is 5.12. The number of methoxy groups -OCH3 is 1. The number of pyridine rings is 1. The molecular weight excluding hydrogens is 190 g/mol. The zero-order chi connectivity index (χ0) is 11.3. The lowest BCUT2D eigenvalue weighted by Gasteiger charge is -2.19. The topological polar surface area (TPSA) is 31.4 Å². The summed E-state index contributed by atoms with van der Waals surface area (Å²) in [5.74, 6) is 0.666. The van der Waals surface area contributed by atoms with Crippen LogP contribution in [0.25, 0.3) is 0 Å². The highest BCUT2D eigenvalue weighted by Gasteiger charge is 2.14. The van der Waals surface area contributed by atoms with E-state index in [-0.39, 0.29) is 5.41 Å². The molecule has 84 valence electrons. The van der Waals surface area contributed by atoms with Crippen molar-refractivity contribution in [2.24, 2.45) is 0 Å². The van der Waals surface area contributed by atoms with Crippen LogP contribution in [0.15, 0.2) is 18.3 Å². The van der Waals surface area contributed by atoms with Crippen molar-refractivity contribution in [3.8, 4) is 5.88 Å². The summed E-state index contributed by atoms with van der Waals surface area (Å²) in [6, 6.07) is 4.00. The Morgan fingerprint density at radius 1 is 1.27 bits per heavy atom. The van der Waals surface area contributed by atoms with Crippen LogP contribution in [0.5, 0.6) is 5.88 Å². The van der Waals surface area contributed by atoms with Crippen molar-refractivity contribution in [3.63, 3.8) is 0 Å². The van der Waals surface area contributed by atoms with E-state index in [1.54, 1.807) is 13.3 Å². The Balaban J connectivity index is 2.66. The van der Waals surface area contributed by atoms with Crippen molar-refractivity contribution < 1.29 is 9.47 Å². The molecule has 1 heterocycles. The molecule has 0 aromatic carbocycles. The standard InChI is InChI=1S/C12H19NO2/c1-12(2,3)10-5-6-13-11(9-10)15-8-7-14-4/h5-6,9H,7-8H2,1-4H3. The Hall–Kier alpha value is -1.09. The summed E-state index contributed by atoms with van der Waals surface area (Å²) in [5, 5.41) is 0. The van der Waals surface area contributed by atoms with E-state index in [2.05, 4.69) is 25.8 Å². The Kier molecular flexibility index (Phi) is 4.09. The summed E-state index contributed by atoms with van der Waals surface area (Å²) in [7, 11) is 1.66. The molecule has 1 aromatic rings. The number of nitrogens with zero attached hydrogens (tertiary/aromatic N) is 1. The maximum Gasteiger partial charge on any atom is 0.213 e. The van der Waals surface area contributed by atoms with Gasteiger partial charge in [0, 0.05) is 19.4 Å². The van der Waals surface area contributed by atoms with Gasteiger partial charge in [0.2, 0.25) is 5.88 Å². The molecule has 0 fully saturated rings. The van der Waals surface area contributed by atoms with Gasteiger partial charge in [0.05, 0.1) is 6.61 Å². The second-order valence-electron chi connectivity index (χ2n) is 4.47. The Morgan fingerprint density at radius 3 is 2.60 bits per heavy atom. The first-order valence-corrected chi connectivity index (χ1v) is 5.12. The van der Waals surface area contributed by atoms with Gasteiger partial charge in [-0.2, -0.15) is 0 Å². The lowest BCUT2D eigenvalue weighted by atomic mass is 9.88. The molecule has 0 unspecified atom stereocenters. The monoisotopic (exact) mass is 209 g/mol. The quantitative estimate of drug-likeness (QED) is 0.713. The number of aromatic nitrogens is 1. The van der Waals surface area contributed by atoms with Crippen molar-refractivity contribution in [1.29, 1.82) is 0 Å². The fraction of sp³-hybridized carbons (Fsp3) is 0.583. The van der Waals surface area contributed by atoms with E-state index in [0.29, 0.717) is 19.1 Å². The van der Waals surface area contributed by atoms with Crippen LogP contribution < -0.4 is 4.74 Å². The smallest absolute Gasteiger partial charge is 0.213 e. The molecule has 0 spiro atoms. The molecule has 1 aromatic heterocycles. The molecule has 1 rings (SSSR count). The van der Waals surface area contributed by atoms with Gasteiger partial charge >= 0.3 is 0 Å². The van der Waals surface area contributed by atoms with E-state index in [9.17, 15) is 0 Å². The van der Waals surface area contributed by atoms with Gasteiger partial charge in [-0.05, 0) is 17.0 Å². The van der Waals surface area contributed by atoms with E-state index in [1.165, 1.54) is 5.56 Å². The molecule has 0 saturated carbocycles. The lowest BCUT2D eigenvalue weighted by molar-refractivity contribution is 0.143. The first-order chi connectivity index (χ1) is 7.04. The summed E-state index contributed by atoms with van der Waals surface area (Å²) in [6.45, 7) is 7.63. The molecule has 3 nitrogen and oxygen atoms in total. The average molecular weight is 209 g/mol. The SMILES string of the molecule is COCCOc1cc(C(C)(C)C)ccn1. The molecule has 0 N–H and O–H groups in total. The van der Waals surface area contributed by atoms with Gasteiger partial charge < -0.3 is 9.47 Å². The van der Waals surface area contributed by atoms with Crippen LogP contribution in [0, 0.1) is 0 Å². The fourth-order valence-electron chi connectivity index (χ4n) is 1.18. The summed E-state index contributed by atoms with van der Waals surface area (Å²) in [6.07, 6.45) is 1.78. The molecule has 0 bridgehead atoms. The van der Waals surface area contributed by atoms with Gasteiger partial charge in [-0.3, -0.25) is 0 Å². The molecule has 0 aliphatic heterocycles. The van der Waals surface area contributed by atoms with Crippen molar-refractivity contribution >= 4 is 0 Å². The lowest BCUT2D eigenvalue weighted by Crippen LogP contribution is -2.12. The van der Waals surface area contributed by atoms with Crippen LogP contribution >= 0.6 is 0 Å². The van der Waals surface area contributed by atoms with Crippen molar-refractivity contribution in [1.82, 2.24) is 4.98 Å². The molecule has 3 heteroatoms. The number of hydrogen-bond acceptors (Lipinski definition) is 3. The number of rotatable bonds is 4. The predicted molar refractivity (Wildman–Crippen MR) is 60.3 cm³/mol. The molecule has 0 saturated heterocycles. The van der Waals surface area contributed by atoms with Crippen LogP contribution in [-0.4, -0.2) is 25.3 Å². The fourth-order valence-corrected chi connectivity index (χ4v) is 1.18. The highest BCUT2D eigenvalue weighted by atomic mass is 16.5. The molecular formula is C12H19NO2. The molecule has 0 radical (unpaired) electrons. The van der Waals surface area contributed by atoms with Crippen LogP contribution in [0.4, 0.5) is 0 Å². The van der Waals surface area contributed by atoms with Gasteiger partial charge in [-0.25, -0.2) is 4.98 Å². The van der Waals surface area contributed by atoms with Crippen molar-refractivity contribution in [2.75, 3.05) is 20.3 Å². The van der Waals surface area contributed by atoms with Crippen molar-refractivity contribution in [2.45, 2.75) is 26.2 Å². The van der Waals surface area contributed by atoms with E-state index in [0.717, 1.165) is 0 Å². The number of ether oxygens (including phenoxy) is 2. The van der Waals surface area contributed by atoms with Crippen LogP contribution in [0.2, 0.25) is 0 Å². The summed E-state index contributed by atoms with van der Waals surface area (Å²) >= 11 is 0. The summed E-state index contributed by atoms with van der Waals surface area (Å²) < 4.78 is 10.4. The van der Waals surface area contributed by atoms with Gasteiger partial charge in [-0.15, -0.1) is 0 Å². The Labute approximate surface area is 91.4 Å². The third kappa shape index (κ3) is 3.88. The molecule has 0 atom stereocenters. The Bertz CT molecular complexity index is 305. The van der Waals surface area contributed by atoms with E-state index >= 15 is 0 Å². The van der Waals surface area contributed by atoms with Gasteiger partial charge in [0.25, 0.3) is 0 Å². The van der Waals surface area contributed by atoms with Crippen LogP contribution in [0.3, 0.4) is 0 Å². The largest absolute Gasteiger partial charge is 0.475 e. The van der Waals surface area contributed by atoms with E-state index < -0.39 is 0 Å². The predicted octanol–water partition coefficient (Wildman–Crippen LogP) is 2.40. The summed E-state index contributed by atoms with van der Waals surface area (Å²) in [5.41, 5.74) is 1.35. The molecule has 0 amide bonds. The highest BCUT2D eigenvalue weighted by Crippen LogP contribution is 2.23. The zero-order valence-corrected chi connectivity index (χ0v) is 9.91.